The van der Waals surface area contributed by atoms with Crippen LogP contribution in [-0.4, -0.2) is 12.1 Å². The summed E-state index contributed by atoms with van der Waals surface area (Å²) in [5.74, 6) is 0. The van der Waals surface area contributed by atoms with Crippen LogP contribution >= 0.6 is 0 Å². The van der Waals surface area contributed by atoms with Crippen molar-refractivity contribution in [1.82, 2.24) is 5.32 Å². The van der Waals surface area contributed by atoms with E-state index in [0.29, 0.717) is 5.41 Å². The molecule has 0 spiro atoms. The van der Waals surface area contributed by atoms with Gasteiger partial charge in [0.05, 0.1) is 0 Å². The third kappa shape index (κ3) is 6.48. The number of benzene rings is 1. The van der Waals surface area contributed by atoms with Gasteiger partial charge in [0.2, 0.25) is 0 Å². The SMILES string of the molecule is CC(C)(C)CNC(C)(C)CCc1ccccc1. The van der Waals surface area contributed by atoms with Crippen molar-refractivity contribution in [2.24, 2.45) is 5.41 Å². The van der Waals surface area contributed by atoms with Crippen molar-refractivity contribution in [2.45, 2.75) is 53.0 Å². The molecule has 0 fully saturated rings. The lowest BCUT2D eigenvalue weighted by Crippen LogP contribution is -2.43. The van der Waals surface area contributed by atoms with Gasteiger partial charge in [-0.15, -0.1) is 0 Å². The molecule has 0 radical (unpaired) electrons. The molecule has 0 aliphatic rings. The molecular weight excluding hydrogens is 206 g/mol. The van der Waals surface area contributed by atoms with Gasteiger partial charge in [0.1, 0.15) is 0 Å². The fraction of sp³-hybridized carbons (Fsp3) is 0.625. The number of nitrogens with one attached hydrogen (secondary N) is 1. The molecule has 0 unspecified atom stereocenters. The maximum absolute atomic E-state index is 3.67. The Morgan fingerprint density at radius 2 is 1.53 bits per heavy atom. The molecule has 0 amide bonds. The molecule has 1 heteroatoms. The van der Waals surface area contributed by atoms with Crippen LogP contribution in [0.4, 0.5) is 0 Å². The summed E-state index contributed by atoms with van der Waals surface area (Å²) < 4.78 is 0. The van der Waals surface area contributed by atoms with Crippen LogP contribution in [0.1, 0.15) is 46.6 Å². The second-order valence-corrected chi connectivity index (χ2v) is 6.78. The molecule has 1 N–H and O–H groups in total. The van der Waals surface area contributed by atoms with E-state index in [9.17, 15) is 0 Å². The molecule has 0 aromatic heterocycles. The fourth-order valence-corrected chi connectivity index (χ4v) is 1.69. The zero-order chi connectivity index (χ0) is 12.9. The lowest BCUT2D eigenvalue weighted by atomic mass is 9.91. The summed E-state index contributed by atoms with van der Waals surface area (Å²) in [6.07, 6.45) is 2.32. The van der Waals surface area contributed by atoms with Gasteiger partial charge < -0.3 is 5.32 Å². The molecule has 0 bridgehead atoms. The molecule has 96 valence electrons. The Kier molecular flexibility index (Phi) is 4.76. The third-order valence-corrected chi connectivity index (χ3v) is 2.98. The van der Waals surface area contributed by atoms with Crippen molar-refractivity contribution in [3.05, 3.63) is 35.9 Å². The standard InChI is InChI=1S/C16H27N/c1-15(2,3)13-17-16(4,5)12-11-14-9-7-6-8-10-14/h6-10,17H,11-13H2,1-5H3. The summed E-state index contributed by atoms with van der Waals surface area (Å²) in [4.78, 5) is 0. The first-order valence-corrected chi connectivity index (χ1v) is 6.57. The molecule has 1 aromatic carbocycles. The van der Waals surface area contributed by atoms with Gasteiger partial charge >= 0.3 is 0 Å². The van der Waals surface area contributed by atoms with Gasteiger partial charge in [0, 0.05) is 12.1 Å². The van der Waals surface area contributed by atoms with Crippen LogP contribution < -0.4 is 5.32 Å². The highest BCUT2D eigenvalue weighted by Gasteiger charge is 2.20. The van der Waals surface area contributed by atoms with Gasteiger partial charge in [-0.3, -0.25) is 0 Å². The van der Waals surface area contributed by atoms with Gasteiger partial charge in [0.25, 0.3) is 0 Å². The highest BCUT2D eigenvalue weighted by molar-refractivity contribution is 5.15. The molecule has 17 heavy (non-hydrogen) atoms. The van der Waals surface area contributed by atoms with E-state index in [1.165, 1.54) is 12.0 Å². The molecule has 0 heterocycles. The quantitative estimate of drug-likeness (QED) is 0.809. The number of hydrogen-bond donors (Lipinski definition) is 1. The first kappa shape index (κ1) is 14.2. The van der Waals surface area contributed by atoms with Gasteiger partial charge in [-0.05, 0) is 37.7 Å². The highest BCUT2D eigenvalue weighted by atomic mass is 15.0. The lowest BCUT2D eigenvalue weighted by molar-refractivity contribution is 0.287. The van der Waals surface area contributed by atoms with Crippen LogP contribution in [0.15, 0.2) is 30.3 Å². The molecule has 0 atom stereocenters. The lowest BCUT2D eigenvalue weighted by Gasteiger charge is -2.31. The van der Waals surface area contributed by atoms with Crippen LogP contribution in [0.25, 0.3) is 0 Å². The summed E-state index contributed by atoms with van der Waals surface area (Å²) in [6, 6.07) is 10.7. The largest absolute Gasteiger partial charge is 0.311 e. The second kappa shape index (κ2) is 5.68. The third-order valence-electron chi connectivity index (χ3n) is 2.98. The summed E-state index contributed by atoms with van der Waals surface area (Å²) in [5, 5.41) is 3.67. The minimum atomic E-state index is 0.211. The maximum atomic E-state index is 3.67. The summed E-state index contributed by atoms with van der Waals surface area (Å²) >= 11 is 0. The van der Waals surface area contributed by atoms with E-state index in [-0.39, 0.29) is 5.54 Å². The molecule has 0 aliphatic heterocycles. The van der Waals surface area contributed by atoms with Crippen LogP contribution in [0.2, 0.25) is 0 Å². The van der Waals surface area contributed by atoms with Crippen molar-refractivity contribution in [3.63, 3.8) is 0 Å². The zero-order valence-corrected chi connectivity index (χ0v) is 12.0. The Hall–Kier alpha value is -0.820. The topological polar surface area (TPSA) is 12.0 Å². The smallest absolute Gasteiger partial charge is 0.0128 e. The molecule has 0 saturated heterocycles. The Balaban J connectivity index is 2.39. The van der Waals surface area contributed by atoms with Gasteiger partial charge in [-0.25, -0.2) is 0 Å². The molecule has 0 aliphatic carbocycles. The van der Waals surface area contributed by atoms with Crippen molar-refractivity contribution < 1.29 is 0 Å². The Bertz CT molecular complexity index is 319. The first-order chi connectivity index (χ1) is 7.79. The van der Waals surface area contributed by atoms with Gasteiger partial charge in [-0.1, -0.05) is 51.1 Å². The summed E-state index contributed by atoms with van der Waals surface area (Å²) in [6.45, 7) is 12.5. The Morgan fingerprint density at radius 1 is 0.941 bits per heavy atom. The van der Waals surface area contributed by atoms with Crippen LogP contribution in [-0.2, 0) is 6.42 Å². The van der Waals surface area contributed by atoms with Crippen molar-refractivity contribution >= 4 is 0 Å². The average molecular weight is 233 g/mol. The van der Waals surface area contributed by atoms with E-state index in [0.717, 1.165) is 13.0 Å². The van der Waals surface area contributed by atoms with E-state index < -0.39 is 0 Å². The second-order valence-electron chi connectivity index (χ2n) is 6.78. The first-order valence-electron chi connectivity index (χ1n) is 6.57. The Morgan fingerprint density at radius 3 is 2.06 bits per heavy atom. The van der Waals surface area contributed by atoms with Crippen molar-refractivity contribution in [1.29, 1.82) is 0 Å². The minimum Gasteiger partial charge on any atom is -0.311 e. The van der Waals surface area contributed by atoms with E-state index in [4.69, 9.17) is 0 Å². The fourth-order valence-electron chi connectivity index (χ4n) is 1.69. The van der Waals surface area contributed by atoms with Crippen molar-refractivity contribution in [2.75, 3.05) is 6.54 Å². The van der Waals surface area contributed by atoms with Crippen LogP contribution in [0, 0.1) is 5.41 Å². The predicted molar refractivity (Wildman–Crippen MR) is 76.3 cm³/mol. The average Bonchev–Trinajstić information content (AvgIpc) is 2.25. The van der Waals surface area contributed by atoms with Gasteiger partial charge in [-0.2, -0.15) is 0 Å². The summed E-state index contributed by atoms with van der Waals surface area (Å²) in [7, 11) is 0. The van der Waals surface area contributed by atoms with Crippen LogP contribution in [0.3, 0.4) is 0 Å². The normalized spacial score (nSPS) is 12.8. The van der Waals surface area contributed by atoms with Crippen LogP contribution in [0.5, 0.6) is 0 Å². The molecule has 0 saturated carbocycles. The highest BCUT2D eigenvalue weighted by Crippen LogP contribution is 2.17. The monoisotopic (exact) mass is 233 g/mol. The number of hydrogen-bond acceptors (Lipinski definition) is 1. The molecular formula is C16H27N. The van der Waals surface area contributed by atoms with E-state index in [2.05, 4.69) is 70.3 Å². The van der Waals surface area contributed by atoms with E-state index in [1.807, 2.05) is 0 Å². The van der Waals surface area contributed by atoms with Crippen molar-refractivity contribution in [3.8, 4) is 0 Å². The zero-order valence-electron chi connectivity index (χ0n) is 12.0. The minimum absolute atomic E-state index is 0.211. The van der Waals surface area contributed by atoms with Gasteiger partial charge in [0.15, 0.2) is 0 Å². The predicted octanol–water partition coefficient (Wildman–Crippen LogP) is 4.03. The maximum Gasteiger partial charge on any atom is 0.0128 e. The molecule has 1 rings (SSSR count). The molecule has 1 nitrogen and oxygen atoms in total. The Labute approximate surface area is 107 Å². The number of rotatable bonds is 5. The number of aryl methyl sites for hydroxylation is 1. The summed E-state index contributed by atoms with van der Waals surface area (Å²) in [5.41, 5.74) is 1.99. The molecule has 1 aromatic rings. The van der Waals surface area contributed by atoms with E-state index >= 15 is 0 Å². The van der Waals surface area contributed by atoms with E-state index in [1.54, 1.807) is 0 Å².